The summed E-state index contributed by atoms with van der Waals surface area (Å²) in [5, 5.41) is 11.7. The van der Waals surface area contributed by atoms with Crippen LogP contribution in [0, 0.1) is 0 Å². The molecule has 0 saturated heterocycles. The van der Waals surface area contributed by atoms with Gasteiger partial charge in [0.05, 0.1) is 0 Å². The van der Waals surface area contributed by atoms with E-state index in [1.807, 2.05) is 48.5 Å². The van der Waals surface area contributed by atoms with Gasteiger partial charge in [0.15, 0.2) is 0 Å². The predicted molar refractivity (Wildman–Crippen MR) is 121 cm³/mol. The molecule has 0 bridgehead atoms. The van der Waals surface area contributed by atoms with E-state index in [0.29, 0.717) is 31.3 Å². The molecular formula is C23H27N3O4P+. The molecule has 162 valence electrons. The fraction of sp³-hybridized carbons (Fsp3) is 0.304. The van der Waals surface area contributed by atoms with Crippen molar-refractivity contribution in [2.45, 2.75) is 32.7 Å². The first-order valence-electron chi connectivity index (χ1n) is 10.3. The first kappa shape index (κ1) is 23.0. The molecule has 7 nitrogen and oxygen atoms in total. The predicted octanol–water partition coefficient (Wildman–Crippen LogP) is 5.22. The summed E-state index contributed by atoms with van der Waals surface area (Å²) in [6.45, 7) is 3.81. The van der Waals surface area contributed by atoms with Gasteiger partial charge in [-0.15, -0.1) is 19.6 Å². The standard InChI is InChI=1S/C23H26N3O4P/c1-2-7-21(19-8-4-3-5-9-19)16-22-25-26-23(30-22)20-12-10-18(11-13-20)17-24-14-6-15-29-31(27)28/h3-5,8-13,16,24H,2,6-7,14-15,17H2,1H3/p+1/b21-16+. The van der Waals surface area contributed by atoms with Crippen molar-refractivity contribution in [1.29, 1.82) is 0 Å². The van der Waals surface area contributed by atoms with Crippen LogP contribution in [-0.2, 0) is 15.6 Å². The normalized spacial score (nSPS) is 12.2. The minimum Gasteiger partial charge on any atom is -0.417 e. The maximum absolute atomic E-state index is 10.4. The summed E-state index contributed by atoms with van der Waals surface area (Å²) in [7, 11) is -2.51. The van der Waals surface area contributed by atoms with Crippen LogP contribution in [-0.4, -0.2) is 28.2 Å². The zero-order valence-corrected chi connectivity index (χ0v) is 18.4. The first-order chi connectivity index (χ1) is 15.2. The van der Waals surface area contributed by atoms with Gasteiger partial charge in [-0.25, -0.2) is 0 Å². The number of nitrogens with zero attached hydrogens (tertiary/aromatic N) is 2. The summed E-state index contributed by atoms with van der Waals surface area (Å²) >= 11 is 0. The van der Waals surface area contributed by atoms with E-state index >= 15 is 0 Å². The molecule has 31 heavy (non-hydrogen) atoms. The van der Waals surface area contributed by atoms with Gasteiger partial charge >= 0.3 is 8.25 Å². The molecule has 3 aromatic rings. The van der Waals surface area contributed by atoms with Gasteiger partial charge in [0.2, 0.25) is 11.8 Å². The third-order valence-electron chi connectivity index (χ3n) is 4.63. The topological polar surface area (TPSA) is 97.5 Å². The fourth-order valence-electron chi connectivity index (χ4n) is 3.12. The number of benzene rings is 2. The second-order valence-electron chi connectivity index (χ2n) is 7.03. The number of nitrogens with one attached hydrogen (secondary N) is 1. The van der Waals surface area contributed by atoms with Gasteiger partial charge in [-0.3, -0.25) is 0 Å². The van der Waals surface area contributed by atoms with Crippen LogP contribution in [0.3, 0.4) is 0 Å². The van der Waals surface area contributed by atoms with Gasteiger partial charge in [0.25, 0.3) is 0 Å². The number of rotatable bonds is 12. The highest BCUT2D eigenvalue weighted by atomic mass is 31.1. The van der Waals surface area contributed by atoms with E-state index in [2.05, 4.69) is 39.1 Å². The maximum Gasteiger partial charge on any atom is 0.694 e. The van der Waals surface area contributed by atoms with Crippen molar-refractivity contribution in [3.05, 3.63) is 71.6 Å². The molecule has 0 radical (unpaired) electrons. The molecule has 0 aliphatic heterocycles. The van der Waals surface area contributed by atoms with Gasteiger partial charge < -0.3 is 9.73 Å². The van der Waals surface area contributed by atoms with Gasteiger partial charge in [-0.05, 0) is 48.2 Å². The van der Waals surface area contributed by atoms with Crippen molar-refractivity contribution in [3.8, 4) is 11.5 Å². The van der Waals surface area contributed by atoms with E-state index in [1.54, 1.807) is 0 Å². The van der Waals surface area contributed by atoms with Crippen LogP contribution >= 0.6 is 8.25 Å². The van der Waals surface area contributed by atoms with E-state index in [4.69, 9.17) is 9.31 Å². The number of aromatic nitrogens is 2. The van der Waals surface area contributed by atoms with Crippen molar-refractivity contribution < 1.29 is 18.4 Å². The molecular weight excluding hydrogens is 413 g/mol. The monoisotopic (exact) mass is 440 g/mol. The Morgan fingerprint density at radius 2 is 1.94 bits per heavy atom. The quantitative estimate of drug-likeness (QED) is 0.294. The second-order valence-corrected chi connectivity index (χ2v) is 7.76. The highest BCUT2D eigenvalue weighted by molar-refractivity contribution is 7.32. The Balaban J connectivity index is 1.58. The van der Waals surface area contributed by atoms with E-state index in [0.717, 1.165) is 29.5 Å². The lowest BCUT2D eigenvalue weighted by atomic mass is 10.0. The molecule has 0 amide bonds. The van der Waals surface area contributed by atoms with E-state index in [9.17, 15) is 4.57 Å². The van der Waals surface area contributed by atoms with E-state index in [1.165, 1.54) is 5.57 Å². The molecule has 1 unspecified atom stereocenters. The minimum absolute atomic E-state index is 0.260. The summed E-state index contributed by atoms with van der Waals surface area (Å²) in [6, 6.07) is 18.2. The van der Waals surface area contributed by atoms with Crippen molar-refractivity contribution in [1.82, 2.24) is 15.5 Å². The van der Waals surface area contributed by atoms with Crippen LogP contribution in [0.4, 0.5) is 0 Å². The number of hydrogen-bond donors (Lipinski definition) is 2. The zero-order valence-electron chi connectivity index (χ0n) is 17.5. The van der Waals surface area contributed by atoms with Gasteiger partial charge in [0, 0.05) is 22.7 Å². The molecule has 1 heterocycles. The lowest BCUT2D eigenvalue weighted by molar-refractivity contribution is 0.276. The highest BCUT2D eigenvalue weighted by Crippen LogP contribution is 2.24. The van der Waals surface area contributed by atoms with Crippen LogP contribution in [0.1, 0.15) is 43.2 Å². The van der Waals surface area contributed by atoms with Crippen molar-refractivity contribution in [3.63, 3.8) is 0 Å². The molecule has 1 atom stereocenters. The van der Waals surface area contributed by atoms with Crippen molar-refractivity contribution >= 4 is 19.9 Å². The van der Waals surface area contributed by atoms with E-state index < -0.39 is 8.25 Å². The van der Waals surface area contributed by atoms with Crippen LogP contribution in [0.25, 0.3) is 23.1 Å². The van der Waals surface area contributed by atoms with Crippen molar-refractivity contribution in [2.75, 3.05) is 13.2 Å². The largest absolute Gasteiger partial charge is 0.694 e. The van der Waals surface area contributed by atoms with Gasteiger partial charge in [0.1, 0.15) is 6.61 Å². The smallest absolute Gasteiger partial charge is 0.417 e. The molecule has 0 aliphatic carbocycles. The molecule has 3 rings (SSSR count). The Hall–Kier alpha value is -2.70. The molecule has 0 saturated carbocycles. The van der Waals surface area contributed by atoms with Crippen LogP contribution < -0.4 is 5.32 Å². The van der Waals surface area contributed by atoms with Crippen LogP contribution in [0.2, 0.25) is 0 Å². The van der Waals surface area contributed by atoms with Gasteiger partial charge in [-0.2, -0.15) is 0 Å². The lowest BCUT2D eigenvalue weighted by Gasteiger charge is -2.05. The summed E-state index contributed by atoms with van der Waals surface area (Å²) in [5.41, 5.74) is 4.33. The molecule has 2 aromatic carbocycles. The molecule has 8 heteroatoms. The lowest BCUT2D eigenvalue weighted by Crippen LogP contribution is -2.15. The third-order valence-corrected chi connectivity index (χ3v) is 5.04. The first-order valence-corrected chi connectivity index (χ1v) is 11.5. The van der Waals surface area contributed by atoms with Gasteiger partial charge in [-0.1, -0.05) is 55.8 Å². The Labute approximate surface area is 183 Å². The van der Waals surface area contributed by atoms with Crippen LogP contribution in [0.5, 0.6) is 0 Å². The number of hydrogen-bond acceptors (Lipinski definition) is 6. The Morgan fingerprint density at radius 3 is 2.65 bits per heavy atom. The number of allylic oxidation sites excluding steroid dienone is 1. The molecule has 1 aromatic heterocycles. The van der Waals surface area contributed by atoms with Crippen LogP contribution in [0.15, 0.2) is 59.0 Å². The molecule has 0 fully saturated rings. The minimum atomic E-state index is -2.51. The Bertz CT molecular complexity index is 988. The maximum atomic E-state index is 10.4. The zero-order chi connectivity index (χ0) is 21.9. The van der Waals surface area contributed by atoms with E-state index in [-0.39, 0.29) is 6.61 Å². The molecule has 2 N–H and O–H groups in total. The molecule has 0 aliphatic rings. The summed E-state index contributed by atoms with van der Waals surface area (Å²) in [5.74, 6) is 0.991. The summed E-state index contributed by atoms with van der Waals surface area (Å²) in [6.07, 6.45) is 4.60. The Kier molecular flexibility index (Phi) is 9.06. The average molecular weight is 440 g/mol. The highest BCUT2D eigenvalue weighted by Gasteiger charge is 2.11. The van der Waals surface area contributed by atoms with Crippen molar-refractivity contribution in [2.24, 2.45) is 0 Å². The summed E-state index contributed by atoms with van der Waals surface area (Å²) in [4.78, 5) is 8.57. The summed E-state index contributed by atoms with van der Waals surface area (Å²) < 4.78 is 20.9. The molecule has 0 spiro atoms. The fourth-order valence-corrected chi connectivity index (χ4v) is 3.40. The third kappa shape index (κ3) is 7.49. The SMILES string of the molecule is CCC/C(=C\c1nnc(-c2ccc(CNCCCO[P+](=O)O)cc2)o1)c1ccccc1. The average Bonchev–Trinajstić information content (AvgIpc) is 3.25. The second kappa shape index (κ2) is 12.2. The Morgan fingerprint density at radius 1 is 1.16 bits per heavy atom.